The fourth-order valence-corrected chi connectivity index (χ4v) is 2.60. The van der Waals surface area contributed by atoms with Gasteiger partial charge >= 0.3 is 6.18 Å². The van der Waals surface area contributed by atoms with Crippen LogP contribution in [0.4, 0.5) is 23.2 Å². The molecule has 1 rings (SSSR count). The summed E-state index contributed by atoms with van der Waals surface area (Å²) < 4.78 is 51.8. The molecule has 0 unspecified atom stereocenters. The van der Waals surface area contributed by atoms with Crippen LogP contribution in [0.15, 0.2) is 16.6 Å². The first-order valence-corrected chi connectivity index (χ1v) is 6.97. The molecule has 0 aliphatic heterocycles. The molecule has 2 nitrogen and oxygen atoms in total. The summed E-state index contributed by atoms with van der Waals surface area (Å²) in [5.74, 6) is -0.798. The molecule has 0 aromatic heterocycles. The van der Waals surface area contributed by atoms with E-state index in [1.54, 1.807) is 6.92 Å². The second-order valence-electron chi connectivity index (χ2n) is 4.16. The van der Waals surface area contributed by atoms with Crippen LogP contribution >= 0.6 is 28.1 Å². The second-order valence-corrected chi connectivity index (χ2v) is 5.39. The van der Waals surface area contributed by atoms with Crippen LogP contribution in [0, 0.1) is 5.82 Å². The van der Waals surface area contributed by atoms with Gasteiger partial charge < -0.3 is 10.6 Å². The first-order valence-electron chi connectivity index (χ1n) is 5.77. The molecule has 0 saturated heterocycles. The summed E-state index contributed by atoms with van der Waals surface area (Å²) in [7, 11) is 0. The second kappa shape index (κ2) is 6.71. The molecule has 0 radical (unpaired) electrons. The molecule has 0 bridgehead atoms. The van der Waals surface area contributed by atoms with E-state index in [4.69, 9.17) is 18.0 Å². The lowest BCUT2D eigenvalue weighted by molar-refractivity contribution is -0.119. The molecular weight excluding hydrogens is 360 g/mol. The van der Waals surface area contributed by atoms with Crippen molar-refractivity contribution in [3.8, 4) is 0 Å². The van der Waals surface area contributed by atoms with Gasteiger partial charge in [-0.2, -0.15) is 13.2 Å². The van der Waals surface area contributed by atoms with Crippen molar-refractivity contribution in [1.82, 2.24) is 0 Å². The Balaban J connectivity index is 3.21. The van der Waals surface area contributed by atoms with Crippen molar-refractivity contribution in [1.29, 1.82) is 0 Å². The quantitative estimate of drug-likeness (QED) is 0.625. The highest BCUT2D eigenvalue weighted by molar-refractivity contribution is 9.10. The highest BCUT2D eigenvalue weighted by Crippen LogP contribution is 2.31. The molecule has 0 aliphatic carbocycles. The lowest BCUT2D eigenvalue weighted by atomic mass is 10.1. The third kappa shape index (κ3) is 4.31. The molecule has 8 heteroatoms. The smallest absolute Gasteiger partial charge is 0.389 e. The SMILES string of the molecule is CCCN(CC(F)(F)F)c1ccc(C(N)=S)c(Br)c1F. The average molecular weight is 373 g/mol. The summed E-state index contributed by atoms with van der Waals surface area (Å²) in [6.45, 7) is 0.603. The third-order valence-corrected chi connectivity index (χ3v) is 3.53. The Morgan fingerprint density at radius 1 is 1.40 bits per heavy atom. The van der Waals surface area contributed by atoms with Crippen LogP contribution in [0.1, 0.15) is 18.9 Å². The van der Waals surface area contributed by atoms with Crippen LogP contribution in [-0.2, 0) is 0 Å². The van der Waals surface area contributed by atoms with Crippen molar-refractivity contribution in [3.63, 3.8) is 0 Å². The zero-order valence-corrected chi connectivity index (χ0v) is 13.0. The zero-order chi connectivity index (χ0) is 15.5. The van der Waals surface area contributed by atoms with Gasteiger partial charge in [0.15, 0.2) is 5.82 Å². The largest absolute Gasteiger partial charge is 0.405 e. The van der Waals surface area contributed by atoms with E-state index in [0.717, 1.165) is 4.90 Å². The summed E-state index contributed by atoms with van der Waals surface area (Å²) in [5.41, 5.74) is 5.54. The van der Waals surface area contributed by atoms with E-state index < -0.39 is 18.5 Å². The average Bonchev–Trinajstić information content (AvgIpc) is 2.30. The van der Waals surface area contributed by atoms with E-state index in [-0.39, 0.29) is 27.3 Å². The Labute approximate surface area is 128 Å². The van der Waals surface area contributed by atoms with E-state index in [1.807, 2.05) is 0 Å². The summed E-state index contributed by atoms with van der Waals surface area (Å²) in [6, 6.07) is 2.67. The monoisotopic (exact) mass is 372 g/mol. The molecule has 0 amide bonds. The van der Waals surface area contributed by atoms with Crippen LogP contribution in [0.25, 0.3) is 0 Å². The molecule has 112 valence electrons. The van der Waals surface area contributed by atoms with Gasteiger partial charge in [-0.1, -0.05) is 19.1 Å². The fourth-order valence-electron chi connectivity index (χ4n) is 1.74. The van der Waals surface area contributed by atoms with Crippen molar-refractivity contribution in [2.45, 2.75) is 19.5 Å². The Kier molecular flexibility index (Phi) is 5.76. The van der Waals surface area contributed by atoms with E-state index in [2.05, 4.69) is 15.9 Å². The minimum absolute atomic E-state index is 0.0224. The fraction of sp³-hybridized carbons (Fsp3) is 0.417. The molecule has 0 fully saturated rings. The van der Waals surface area contributed by atoms with Gasteiger partial charge in [-0.15, -0.1) is 0 Å². The van der Waals surface area contributed by atoms with E-state index in [0.29, 0.717) is 6.42 Å². The molecule has 20 heavy (non-hydrogen) atoms. The van der Waals surface area contributed by atoms with Crippen LogP contribution in [0.5, 0.6) is 0 Å². The van der Waals surface area contributed by atoms with Gasteiger partial charge in [0.25, 0.3) is 0 Å². The maximum absolute atomic E-state index is 14.2. The van der Waals surface area contributed by atoms with Crippen molar-refractivity contribution in [2.24, 2.45) is 5.73 Å². The third-order valence-electron chi connectivity index (χ3n) is 2.53. The van der Waals surface area contributed by atoms with E-state index in [1.165, 1.54) is 12.1 Å². The van der Waals surface area contributed by atoms with Crippen LogP contribution in [0.3, 0.4) is 0 Å². The number of alkyl halides is 3. The minimum atomic E-state index is -4.41. The van der Waals surface area contributed by atoms with Crippen LogP contribution in [0.2, 0.25) is 0 Å². The van der Waals surface area contributed by atoms with Gasteiger partial charge in [-0.25, -0.2) is 4.39 Å². The molecule has 1 aromatic rings. The maximum Gasteiger partial charge on any atom is 0.405 e. The van der Waals surface area contributed by atoms with Crippen molar-refractivity contribution in [2.75, 3.05) is 18.0 Å². The molecule has 0 spiro atoms. The van der Waals surface area contributed by atoms with Crippen molar-refractivity contribution < 1.29 is 17.6 Å². The number of hydrogen-bond acceptors (Lipinski definition) is 2. The van der Waals surface area contributed by atoms with Crippen molar-refractivity contribution >= 4 is 38.8 Å². The predicted molar refractivity (Wildman–Crippen MR) is 78.5 cm³/mol. The normalized spacial score (nSPS) is 11.5. The first kappa shape index (κ1) is 17.2. The molecule has 0 saturated carbocycles. The Bertz CT molecular complexity index is 505. The number of thiocarbonyl (C=S) groups is 1. The number of halogens is 5. The lowest BCUT2D eigenvalue weighted by Crippen LogP contribution is -2.35. The van der Waals surface area contributed by atoms with Gasteiger partial charge in [0.05, 0.1) is 10.2 Å². The van der Waals surface area contributed by atoms with Gasteiger partial charge in [0.2, 0.25) is 0 Å². The number of anilines is 1. The summed E-state index contributed by atoms with van der Waals surface area (Å²) >= 11 is 7.72. The number of hydrogen-bond donors (Lipinski definition) is 1. The van der Waals surface area contributed by atoms with Crippen molar-refractivity contribution in [3.05, 3.63) is 28.0 Å². The molecule has 0 heterocycles. The predicted octanol–water partition coefficient (Wildman–Crippen LogP) is 4.00. The lowest BCUT2D eigenvalue weighted by Gasteiger charge is -2.26. The number of benzene rings is 1. The standard InChI is InChI=1S/C12H13BrF4N2S/c1-2-5-19(6-12(15,16)17)8-4-3-7(11(18)20)9(13)10(8)14/h3-4H,2,5-6H2,1H3,(H2,18,20). The number of nitrogens with zero attached hydrogens (tertiary/aromatic N) is 1. The zero-order valence-electron chi connectivity index (χ0n) is 10.6. The van der Waals surface area contributed by atoms with E-state index >= 15 is 0 Å². The number of rotatable bonds is 5. The van der Waals surface area contributed by atoms with Crippen LogP contribution < -0.4 is 10.6 Å². The van der Waals surface area contributed by atoms with Gasteiger partial charge in [0, 0.05) is 12.1 Å². The Morgan fingerprint density at radius 2 is 2.00 bits per heavy atom. The number of nitrogens with two attached hydrogens (primary N) is 1. The summed E-state index contributed by atoms with van der Waals surface area (Å²) in [5, 5.41) is 0. The van der Waals surface area contributed by atoms with Gasteiger partial charge in [0.1, 0.15) is 11.5 Å². The Hall–Kier alpha value is -0.890. The highest BCUT2D eigenvalue weighted by Gasteiger charge is 2.32. The highest BCUT2D eigenvalue weighted by atomic mass is 79.9. The first-order chi connectivity index (χ1) is 9.17. The molecule has 2 N–H and O–H groups in total. The van der Waals surface area contributed by atoms with Gasteiger partial charge in [-0.3, -0.25) is 0 Å². The topological polar surface area (TPSA) is 29.3 Å². The Morgan fingerprint density at radius 3 is 2.45 bits per heavy atom. The van der Waals surface area contributed by atoms with E-state index in [9.17, 15) is 17.6 Å². The van der Waals surface area contributed by atoms with Gasteiger partial charge in [-0.05, 0) is 34.5 Å². The maximum atomic E-state index is 14.2. The molecule has 0 aliphatic rings. The minimum Gasteiger partial charge on any atom is -0.389 e. The molecule has 0 atom stereocenters. The van der Waals surface area contributed by atoms with Crippen LogP contribution in [-0.4, -0.2) is 24.3 Å². The molecular formula is C12H13BrF4N2S. The molecule has 1 aromatic carbocycles. The summed E-state index contributed by atoms with van der Waals surface area (Å²) in [4.78, 5) is 0.920. The summed E-state index contributed by atoms with van der Waals surface area (Å²) in [6.07, 6.45) is -3.94.